The van der Waals surface area contributed by atoms with Crippen LogP contribution in [0.3, 0.4) is 0 Å². The minimum atomic E-state index is -0.283. The lowest BCUT2D eigenvalue weighted by Gasteiger charge is -2.09. The van der Waals surface area contributed by atoms with E-state index in [2.05, 4.69) is 29.6 Å². The van der Waals surface area contributed by atoms with E-state index >= 15 is 0 Å². The molecular weight excluding hydrogens is 300 g/mol. The zero-order valence-corrected chi connectivity index (χ0v) is 14.9. The zero-order valence-electron chi connectivity index (χ0n) is 14.9. The van der Waals surface area contributed by atoms with Gasteiger partial charge < -0.3 is 4.74 Å². The van der Waals surface area contributed by atoms with Gasteiger partial charge in [0.05, 0.1) is 6.21 Å². The summed E-state index contributed by atoms with van der Waals surface area (Å²) in [5.41, 5.74) is 9.12. The molecule has 4 heteroatoms. The van der Waals surface area contributed by atoms with Gasteiger partial charge in [0.2, 0.25) is 0 Å². The van der Waals surface area contributed by atoms with Crippen LogP contribution >= 0.6 is 0 Å². The van der Waals surface area contributed by atoms with Gasteiger partial charge >= 0.3 is 0 Å². The molecule has 2 aromatic carbocycles. The zero-order chi connectivity index (χ0) is 17.7. The van der Waals surface area contributed by atoms with E-state index in [1.54, 1.807) is 6.21 Å². The van der Waals surface area contributed by atoms with Crippen molar-refractivity contribution in [1.29, 1.82) is 0 Å². The van der Waals surface area contributed by atoms with Gasteiger partial charge in [-0.15, -0.1) is 0 Å². The third-order valence-electron chi connectivity index (χ3n) is 3.82. The second-order valence-corrected chi connectivity index (χ2v) is 6.16. The Hall–Kier alpha value is -2.62. The van der Waals surface area contributed by atoms with Crippen LogP contribution in [0.2, 0.25) is 0 Å². The van der Waals surface area contributed by atoms with Crippen molar-refractivity contribution in [3.05, 3.63) is 63.7 Å². The molecule has 0 aliphatic heterocycles. The molecule has 0 atom stereocenters. The van der Waals surface area contributed by atoms with Crippen LogP contribution in [0.5, 0.6) is 5.75 Å². The molecule has 0 aromatic heterocycles. The number of benzene rings is 2. The molecule has 2 aromatic rings. The van der Waals surface area contributed by atoms with E-state index < -0.39 is 0 Å². The first-order valence-electron chi connectivity index (χ1n) is 7.96. The van der Waals surface area contributed by atoms with Gasteiger partial charge in [0, 0.05) is 5.56 Å². The van der Waals surface area contributed by atoms with Crippen molar-refractivity contribution in [2.24, 2.45) is 5.10 Å². The van der Waals surface area contributed by atoms with Crippen LogP contribution in [0.4, 0.5) is 0 Å². The molecule has 0 saturated heterocycles. The van der Waals surface area contributed by atoms with E-state index in [1.165, 1.54) is 5.56 Å². The maximum absolute atomic E-state index is 11.9. The van der Waals surface area contributed by atoms with Gasteiger partial charge in [0.1, 0.15) is 5.75 Å². The van der Waals surface area contributed by atoms with Crippen molar-refractivity contribution < 1.29 is 9.53 Å². The van der Waals surface area contributed by atoms with Crippen molar-refractivity contribution in [3.63, 3.8) is 0 Å². The molecule has 0 heterocycles. The van der Waals surface area contributed by atoms with Crippen LogP contribution in [-0.4, -0.2) is 18.7 Å². The fourth-order valence-corrected chi connectivity index (χ4v) is 2.60. The van der Waals surface area contributed by atoms with E-state index in [0.29, 0.717) is 0 Å². The first-order valence-corrected chi connectivity index (χ1v) is 7.96. The Bertz CT molecular complexity index is 756. The SMILES string of the molecule is Cc1cc(C)c(/C=N/NC(=O)COc2cc(C)ccc2C)c(C)c1. The average molecular weight is 324 g/mol. The Labute approximate surface area is 143 Å². The molecule has 24 heavy (non-hydrogen) atoms. The number of amides is 1. The summed E-state index contributed by atoms with van der Waals surface area (Å²) in [6.07, 6.45) is 1.68. The Kier molecular flexibility index (Phi) is 5.74. The van der Waals surface area contributed by atoms with Gasteiger partial charge in [0.25, 0.3) is 5.91 Å². The fourth-order valence-electron chi connectivity index (χ4n) is 2.60. The number of carbonyl (C=O) groups is 1. The lowest BCUT2D eigenvalue weighted by Crippen LogP contribution is -2.24. The summed E-state index contributed by atoms with van der Waals surface area (Å²) in [6, 6.07) is 10.1. The number of hydrogen-bond donors (Lipinski definition) is 1. The van der Waals surface area contributed by atoms with Gasteiger partial charge in [-0.25, -0.2) is 5.43 Å². The van der Waals surface area contributed by atoms with Crippen molar-refractivity contribution in [2.75, 3.05) is 6.61 Å². The molecular formula is C20H24N2O2. The first kappa shape index (κ1) is 17.7. The third kappa shape index (κ3) is 4.69. The molecule has 1 N–H and O–H groups in total. The standard InChI is InChI=1S/C20H24N2O2/c1-13-6-7-15(3)19(10-13)24-12-20(23)22-21-11-18-16(4)8-14(2)9-17(18)5/h6-11H,12H2,1-5H3,(H,22,23)/b21-11+. The highest BCUT2D eigenvalue weighted by molar-refractivity contribution is 5.85. The Balaban J connectivity index is 1.93. The van der Waals surface area contributed by atoms with Gasteiger partial charge in [-0.05, 0) is 62.9 Å². The highest BCUT2D eigenvalue weighted by Crippen LogP contribution is 2.18. The summed E-state index contributed by atoms with van der Waals surface area (Å²) < 4.78 is 5.56. The molecule has 0 aliphatic rings. The molecule has 0 radical (unpaired) electrons. The minimum absolute atomic E-state index is 0.0620. The van der Waals surface area contributed by atoms with Crippen LogP contribution in [0.1, 0.15) is 33.4 Å². The topological polar surface area (TPSA) is 50.7 Å². The summed E-state index contributed by atoms with van der Waals surface area (Å²) in [6.45, 7) is 10.0. The summed E-state index contributed by atoms with van der Waals surface area (Å²) >= 11 is 0. The molecule has 0 fully saturated rings. The molecule has 2 rings (SSSR count). The molecule has 126 valence electrons. The van der Waals surface area contributed by atoms with Crippen molar-refractivity contribution in [1.82, 2.24) is 5.43 Å². The number of aryl methyl sites for hydroxylation is 5. The smallest absolute Gasteiger partial charge is 0.277 e. The van der Waals surface area contributed by atoms with Crippen molar-refractivity contribution >= 4 is 12.1 Å². The number of hydrazone groups is 1. The predicted molar refractivity (Wildman–Crippen MR) is 97.8 cm³/mol. The van der Waals surface area contributed by atoms with E-state index in [4.69, 9.17) is 4.74 Å². The number of ether oxygens (including phenoxy) is 1. The highest BCUT2D eigenvalue weighted by Gasteiger charge is 2.05. The fraction of sp³-hybridized carbons (Fsp3) is 0.300. The van der Waals surface area contributed by atoms with E-state index in [0.717, 1.165) is 33.6 Å². The minimum Gasteiger partial charge on any atom is -0.483 e. The van der Waals surface area contributed by atoms with Crippen molar-refractivity contribution in [3.8, 4) is 5.75 Å². The normalized spacial score (nSPS) is 10.9. The van der Waals surface area contributed by atoms with Crippen molar-refractivity contribution in [2.45, 2.75) is 34.6 Å². The largest absolute Gasteiger partial charge is 0.483 e. The van der Waals surface area contributed by atoms with Crippen LogP contribution in [-0.2, 0) is 4.79 Å². The summed E-state index contributed by atoms with van der Waals surface area (Å²) in [5.74, 6) is 0.439. The number of rotatable bonds is 5. The lowest BCUT2D eigenvalue weighted by molar-refractivity contribution is -0.123. The maximum atomic E-state index is 11.9. The molecule has 0 unspecified atom stereocenters. The molecule has 4 nitrogen and oxygen atoms in total. The van der Waals surface area contributed by atoms with Gasteiger partial charge in [-0.2, -0.15) is 5.10 Å². The quantitative estimate of drug-likeness (QED) is 0.672. The molecule has 0 spiro atoms. The third-order valence-corrected chi connectivity index (χ3v) is 3.82. The summed E-state index contributed by atoms with van der Waals surface area (Å²) in [4.78, 5) is 11.9. The van der Waals surface area contributed by atoms with Gasteiger partial charge in [0.15, 0.2) is 6.61 Å². The van der Waals surface area contributed by atoms with Gasteiger partial charge in [-0.1, -0.05) is 29.8 Å². The predicted octanol–water partition coefficient (Wildman–Crippen LogP) is 3.76. The monoisotopic (exact) mass is 324 g/mol. The number of hydrogen-bond acceptors (Lipinski definition) is 3. The second kappa shape index (κ2) is 7.77. The van der Waals surface area contributed by atoms with Crippen LogP contribution in [0.15, 0.2) is 35.4 Å². The first-order chi connectivity index (χ1) is 11.4. The Morgan fingerprint density at radius 2 is 1.67 bits per heavy atom. The van der Waals surface area contributed by atoms with E-state index in [1.807, 2.05) is 45.9 Å². The summed E-state index contributed by atoms with van der Waals surface area (Å²) in [7, 11) is 0. The van der Waals surface area contributed by atoms with E-state index in [-0.39, 0.29) is 12.5 Å². The number of carbonyl (C=O) groups excluding carboxylic acids is 1. The highest BCUT2D eigenvalue weighted by atomic mass is 16.5. The average Bonchev–Trinajstić information content (AvgIpc) is 2.50. The van der Waals surface area contributed by atoms with Gasteiger partial charge in [-0.3, -0.25) is 4.79 Å². The summed E-state index contributed by atoms with van der Waals surface area (Å²) in [5, 5.41) is 4.04. The van der Waals surface area contributed by atoms with Crippen LogP contribution in [0.25, 0.3) is 0 Å². The number of nitrogens with zero attached hydrogens (tertiary/aromatic N) is 1. The lowest BCUT2D eigenvalue weighted by atomic mass is 10.0. The van der Waals surface area contributed by atoms with Crippen LogP contribution in [0, 0.1) is 34.6 Å². The molecule has 0 bridgehead atoms. The Morgan fingerprint density at radius 1 is 1.00 bits per heavy atom. The van der Waals surface area contributed by atoms with E-state index in [9.17, 15) is 4.79 Å². The second-order valence-electron chi connectivity index (χ2n) is 6.16. The van der Waals surface area contributed by atoms with Crippen LogP contribution < -0.4 is 10.2 Å². The number of nitrogens with one attached hydrogen (secondary N) is 1. The molecule has 1 amide bonds. The maximum Gasteiger partial charge on any atom is 0.277 e. The molecule has 0 saturated carbocycles. The molecule has 0 aliphatic carbocycles. The Morgan fingerprint density at radius 3 is 2.33 bits per heavy atom.